The van der Waals surface area contributed by atoms with Gasteiger partial charge in [0.05, 0.1) is 0 Å². The number of hydrogen-bond donors (Lipinski definition) is 3. The normalized spacial score (nSPS) is 23.9. The van der Waals surface area contributed by atoms with Gasteiger partial charge in [0.2, 0.25) is 0 Å². The van der Waals surface area contributed by atoms with Crippen LogP contribution in [0.4, 0.5) is 0 Å². The van der Waals surface area contributed by atoms with E-state index in [4.69, 9.17) is 9.63 Å². The van der Waals surface area contributed by atoms with E-state index in [1.165, 1.54) is 0 Å². The van der Waals surface area contributed by atoms with Crippen LogP contribution in [0.2, 0.25) is 0 Å². The van der Waals surface area contributed by atoms with Crippen LogP contribution >= 0.6 is 16.0 Å². The van der Waals surface area contributed by atoms with Crippen LogP contribution in [0.25, 0.3) is 0 Å². The Kier molecular flexibility index (Phi) is 4.70. The van der Waals surface area contributed by atoms with Gasteiger partial charge in [-0.2, -0.15) is 0 Å². The van der Waals surface area contributed by atoms with Crippen LogP contribution < -0.4 is 0 Å². The summed E-state index contributed by atoms with van der Waals surface area (Å²) < 4.78 is 28.5. The van der Waals surface area contributed by atoms with E-state index in [9.17, 15) is 14.4 Å². The average molecular weight is 276 g/mol. The van der Waals surface area contributed by atoms with Crippen LogP contribution in [0.1, 0.15) is 12.8 Å². The Balaban J connectivity index is 2.51. The molecule has 8 nitrogen and oxygen atoms in total. The van der Waals surface area contributed by atoms with Crippen molar-refractivity contribution < 1.29 is 37.3 Å². The predicted molar refractivity (Wildman–Crippen MR) is 55.0 cm³/mol. The van der Waals surface area contributed by atoms with E-state index in [0.717, 1.165) is 19.8 Å². The summed E-state index contributed by atoms with van der Waals surface area (Å²) in [7, 11) is -8.32. The molecular formula is C6H14O8P2. The van der Waals surface area contributed by atoms with Crippen LogP contribution in [0, 0.1) is 0 Å². The minimum absolute atomic E-state index is 0.425. The van der Waals surface area contributed by atoms with E-state index in [-0.39, 0.29) is 0 Å². The van der Waals surface area contributed by atoms with E-state index < -0.39 is 16.0 Å². The third-order valence-electron chi connectivity index (χ3n) is 1.66. The molecule has 3 N–H and O–H groups in total. The van der Waals surface area contributed by atoms with Gasteiger partial charge in [-0.3, -0.25) is 0 Å². The van der Waals surface area contributed by atoms with E-state index >= 15 is 0 Å². The molecule has 16 heavy (non-hydrogen) atoms. The molecule has 96 valence electrons. The fraction of sp³-hybridized carbons (Fsp3) is 0.667. The van der Waals surface area contributed by atoms with Crippen LogP contribution in [-0.2, 0) is 22.7 Å². The number of phosphoric acid groups is 1. The Morgan fingerprint density at radius 3 is 2.75 bits per heavy atom. The van der Waals surface area contributed by atoms with E-state index in [1.54, 1.807) is 0 Å². The van der Waals surface area contributed by atoms with Crippen LogP contribution in [0.3, 0.4) is 0 Å². The Bertz CT molecular complexity index is 306. The molecule has 0 aromatic rings. The van der Waals surface area contributed by atoms with Crippen LogP contribution in [-0.4, -0.2) is 28.4 Å². The van der Waals surface area contributed by atoms with Gasteiger partial charge in [-0.05, 0) is 0 Å². The number of allylic oxidation sites excluding steroid dienone is 1. The number of phosphoric ester groups is 1. The molecule has 0 aromatic heterocycles. The summed E-state index contributed by atoms with van der Waals surface area (Å²) in [6, 6.07) is 0. The van der Waals surface area contributed by atoms with Gasteiger partial charge in [0, 0.05) is 0 Å². The predicted octanol–water partition coefficient (Wildman–Crippen LogP) is 0.813. The third kappa shape index (κ3) is 4.76. The third-order valence-corrected chi connectivity index (χ3v) is 4.42. The van der Waals surface area contributed by atoms with Crippen molar-refractivity contribution in [1.29, 1.82) is 0 Å². The van der Waals surface area contributed by atoms with Crippen LogP contribution in [0.5, 0.6) is 0 Å². The molecule has 0 bridgehead atoms. The molecule has 1 aliphatic rings. The first-order valence-corrected chi connectivity index (χ1v) is 7.59. The molecular weight excluding hydrogens is 262 g/mol. The zero-order valence-corrected chi connectivity index (χ0v) is 10.4. The van der Waals surface area contributed by atoms with Crippen molar-refractivity contribution in [2.75, 3.05) is 13.7 Å². The topological polar surface area (TPSA) is 115 Å². The second-order valence-corrected chi connectivity index (χ2v) is 6.31. The van der Waals surface area contributed by atoms with Gasteiger partial charge >= 0.3 is 91.9 Å². The van der Waals surface area contributed by atoms with Gasteiger partial charge in [0.1, 0.15) is 0 Å². The Labute approximate surface area is 92.7 Å². The molecule has 1 heterocycles. The first-order chi connectivity index (χ1) is 7.35. The fourth-order valence-electron chi connectivity index (χ4n) is 0.966. The molecule has 0 aromatic carbocycles. The Hall–Kier alpha value is -0.200. The van der Waals surface area contributed by atoms with Crippen molar-refractivity contribution in [3.63, 3.8) is 0 Å². The molecule has 1 unspecified atom stereocenters. The Morgan fingerprint density at radius 2 is 2.25 bits per heavy atom. The number of rotatable bonds is 5. The molecule has 0 spiro atoms. The quantitative estimate of drug-likeness (QED) is 0.499. The van der Waals surface area contributed by atoms with Gasteiger partial charge in [-0.15, -0.1) is 0 Å². The SMILES string of the molecule is COP(=O)(O)O[PH](O)(O)O/C=C1\CCCO1. The van der Waals surface area contributed by atoms with E-state index in [2.05, 4.69) is 13.4 Å². The van der Waals surface area contributed by atoms with Crippen LogP contribution in [0.15, 0.2) is 12.0 Å². The van der Waals surface area contributed by atoms with E-state index in [1.807, 2.05) is 0 Å². The molecule has 1 atom stereocenters. The Morgan fingerprint density at radius 1 is 1.56 bits per heavy atom. The summed E-state index contributed by atoms with van der Waals surface area (Å²) in [6.45, 7) is 0.526. The van der Waals surface area contributed by atoms with Crippen molar-refractivity contribution in [3.05, 3.63) is 12.0 Å². The molecule has 10 heteroatoms. The fourth-order valence-corrected chi connectivity index (χ4v) is 2.92. The van der Waals surface area contributed by atoms with Gasteiger partial charge in [0.15, 0.2) is 0 Å². The summed E-state index contributed by atoms with van der Waals surface area (Å²) in [4.78, 5) is 27.2. The minimum atomic E-state index is -4.72. The average Bonchev–Trinajstić information content (AvgIpc) is 2.66. The second kappa shape index (κ2) is 5.42. The van der Waals surface area contributed by atoms with Crippen molar-refractivity contribution >= 4 is 16.0 Å². The summed E-state index contributed by atoms with van der Waals surface area (Å²) in [5.41, 5.74) is 0. The monoisotopic (exact) mass is 276 g/mol. The van der Waals surface area contributed by atoms with Crippen molar-refractivity contribution in [3.8, 4) is 0 Å². The van der Waals surface area contributed by atoms with Gasteiger partial charge < -0.3 is 0 Å². The van der Waals surface area contributed by atoms with Crippen molar-refractivity contribution in [1.82, 2.24) is 0 Å². The first kappa shape index (κ1) is 13.9. The number of ether oxygens (including phenoxy) is 1. The summed E-state index contributed by atoms with van der Waals surface area (Å²) >= 11 is 0. The van der Waals surface area contributed by atoms with Gasteiger partial charge in [-0.25, -0.2) is 0 Å². The number of hydrogen-bond acceptors (Lipinski definition) is 7. The van der Waals surface area contributed by atoms with Crippen molar-refractivity contribution in [2.24, 2.45) is 0 Å². The summed E-state index contributed by atoms with van der Waals surface area (Å²) in [6.07, 6.45) is 2.37. The zero-order valence-electron chi connectivity index (χ0n) is 8.53. The maximum atomic E-state index is 10.9. The van der Waals surface area contributed by atoms with Gasteiger partial charge in [-0.1, -0.05) is 0 Å². The first-order valence-electron chi connectivity index (χ1n) is 4.38. The molecule has 0 amide bonds. The standard InChI is InChI=1S/C6H14O8P2/c1-11-15(7,8)14-16(9,10)13-5-6-3-2-4-12-6/h5,9-10,16H,2-4H2,1H3,(H,7,8)/b6-5+. The molecule has 1 aliphatic heterocycles. The second-order valence-electron chi connectivity index (χ2n) is 2.94. The molecule has 0 saturated carbocycles. The molecule has 1 saturated heterocycles. The molecule has 1 rings (SSSR count). The summed E-state index contributed by atoms with van der Waals surface area (Å²) in [5.74, 6) is 0.425. The molecule has 0 aliphatic carbocycles. The summed E-state index contributed by atoms with van der Waals surface area (Å²) in [5, 5.41) is 0. The molecule has 0 radical (unpaired) electrons. The van der Waals surface area contributed by atoms with E-state index in [0.29, 0.717) is 18.8 Å². The maximum absolute atomic E-state index is 10.9. The van der Waals surface area contributed by atoms with Crippen molar-refractivity contribution in [2.45, 2.75) is 12.8 Å². The van der Waals surface area contributed by atoms with Gasteiger partial charge in [0.25, 0.3) is 0 Å². The molecule has 1 fully saturated rings. The zero-order chi connectivity index (χ0) is 12.2.